The van der Waals surface area contributed by atoms with E-state index in [1.54, 1.807) is 0 Å². The summed E-state index contributed by atoms with van der Waals surface area (Å²) >= 11 is 0. The van der Waals surface area contributed by atoms with Crippen molar-refractivity contribution in [3.05, 3.63) is 35.9 Å². The van der Waals surface area contributed by atoms with Crippen molar-refractivity contribution in [1.29, 1.82) is 0 Å². The van der Waals surface area contributed by atoms with Crippen LogP contribution in [-0.4, -0.2) is 35.0 Å². The predicted octanol–water partition coefficient (Wildman–Crippen LogP) is 2.12. The van der Waals surface area contributed by atoms with Crippen molar-refractivity contribution in [1.82, 2.24) is 4.90 Å². The lowest BCUT2D eigenvalue weighted by Crippen LogP contribution is -2.47. The van der Waals surface area contributed by atoms with Crippen molar-refractivity contribution >= 4 is 18.3 Å². The molecule has 2 rings (SSSR count). The number of piperidine rings is 1. The summed E-state index contributed by atoms with van der Waals surface area (Å²) in [6.45, 7) is 3.32. The number of hydrogen-bond donors (Lipinski definition) is 2. The minimum absolute atomic E-state index is 0. The lowest BCUT2D eigenvalue weighted by atomic mass is 9.87. The first-order chi connectivity index (χ1) is 9.63. The molecule has 0 bridgehead atoms. The van der Waals surface area contributed by atoms with Gasteiger partial charge in [0.15, 0.2) is 0 Å². The second-order valence-electron chi connectivity index (χ2n) is 5.53. The molecule has 1 heterocycles. The van der Waals surface area contributed by atoms with Gasteiger partial charge in [0.2, 0.25) is 5.91 Å². The Bertz CT molecular complexity index is 433. The van der Waals surface area contributed by atoms with Gasteiger partial charge in [-0.1, -0.05) is 37.3 Å². The zero-order valence-electron chi connectivity index (χ0n) is 12.4. The van der Waals surface area contributed by atoms with Crippen molar-refractivity contribution in [2.24, 2.45) is 11.7 Å². The highest BCUT2D eigenvalue weighted by atomic mass is 35.5. The number of likely N-dealkylation sites (tertiary alicyclic amines) is 1. The molecular weight excluding hydrogens is 288 g/mol. The first kappa shape index (κ1) is 18.0. The third-order valence-corrected chi connectivity index (χ3v) is 4.20. The monoisotopic (exact) mass is 312 g/mol. The fourth-order valence-corrected chi connectivity index (χ4v) is 2.77. The van der Waals surface area contributed by atoms with E-state index < -0.39 is 6.10 Å². The van der Waals surface area contributed by atoms with Crippen LogP contribution < -0.4 is 5.73 Å². The maximum Gasteiger partial charge on any atom is 0.239 e. The average Bonchev–Trinajstić information content (AvgIpc) is 2.53. The van der Waals surface area contributed by atoms with E-state index in [1.165, 1.54) is 0 Å². The molecule has 1 fully saturated rings. The summed E-state index contributed by atoms with van der Waals surface area (Å²) in [6, 6.07) is 9.36. The highest BCUT2D eigenvalue weighted by Gasteiger charge is 2.29. The molecule has 1 aliphatic heterocycles. The van der Waals surface area contributed by atoms with Crippen LogP contribution in [0.2, 0.25) is 0 Å². The van der Waals surface area contributed by atoms with E-state index >= 15 is 0 Å². The SMILES string of the molecule is CCC(N)C(=O)N1CCC(C(O)c2ccccc2)CC1.Cl. The molecule has 2 unspecified atom stereocenters. The first-order valence-electron chi connectivity index (χ1n) is 7.40. The number of benzene rings is 1. The highest BCUT2D eigenvalue weighted by molar-refractivity contribution is 5.85. The lowest BCUT2D eigenvalue weighted by Gasteiger charge is -2.35. The Kier molecular flexibility index (Phi) is 7.15. The maximum atomic E-state index is 12.0. The molecule has 0 aromatic heterocycles. The summed E-state index contributed by atoms with van der Waals surface area (Å²) in [5.74, 6) is 0.263. The Morgan fingerprint density at radius 3 is 2.43 bits per heavy atom. The van der Waals surface area contributed by atoms with E-state index in [0.29, 0.717) is 19.5 Å². The van der Waals surface area contributed by atoms with Crippen LogP contribution in [0.25, 0.3) is 0 Å². The van der Waals surface area contributed by atoms with E-state index in [4.69, 9.17) is 5.73 Å². The second kappa shape index (κ2) is 8.37. The molecule has 0 saturated carbocycles. The molecule has 0 aliphatic carbocycles. The molecule has 1 aliphatic rings. The largest absolute Gasteiger partial charge is 0.388 e. The number of amides is 1. The van der Waals surface area contributed by atoms with E-state index in [-0.39, 0.29) is 30.3 Å². The number of halogens is 1. The van der Waals surface area contributed by atoms with Crippen molar-refractivity contribution in [3.8, 4) is 0 Å². The van der Waals surface area contributed by atoms with Crippen LogP contribution in [0.1, 0.15) is 37.9 Å². The van der Waals surface area contributed by atoms with E-state index in [0.717, 1.165) is 18.4 Å². The fourth-order valence-electron chi connectivity index (χ4n) is 2.77. The summed E-state index contributed by atoms with van der Waals surface area (Å²) in [5, 5.41) is 10.4. The quantitative estimate of drug-likeness (QED) is 0.895. The van der Waals surface area contributed by atoms with Crippen LogP contribution >= 0.6 is 12.4 Å². The highest BCUT2D eigenvalue weighted by Crippen LogP contribution is 2.30. The van der Waals surface area contributed by atoms with E-state index in [2.05, 4.69) is 0 Å². The average molecular weight is 313 g/mol. The molecule has 1 aromatic rings. The van der Waals surface area contributed by atoms with Gasteiger partial charge < -0.3 is 15.7 Å². The van der Waals surface area contributed by atoms with Crippen LogP contribution in [0.15, 0.2) is 30.3 Å². The lowest BCUT2D eigenvalue weighted by molar-refractivity contribution is -0.134. The molecule has 4 nitrogen and oxygen atoms in total. The number of nitrogens with two attached hydrogens (primary N) is 1. The van der Waals surface area contributed by atoms with Gasteiger partial charge in [0.05, 0.1) is 12.1 Å². The Morgan fingerprint density at radius 1 is 1.33 bits per heavy atom. The molecule has 5 heteroatoms. The van der Waals surface area contributed by atoms with Crippen LogP contribution in [0.4, 0.5) is 0 Å². The van der Waals surface area contributed by atoms with Gasteiger partial charge >= 0.3 is 0 Å². The molecule has 21 heavy (non-hydrogen) atoms. The van der Waals surface area contributed by atoms with Gasteiger partial charge in [0, 0.05) is 13.1 Å². The van der Waals surface area contributed by atoms with Crippen molar-refractivity contribution in [2.75, 3.05) is 13.1 Å². The Balaban J connectivity index is 0.00000220. The van der Waals surface area contributed by atoms with Crippen molar-refractivity contribution < 1.29 is 9.90 Å². The topological polar surface area (TPSA) is 66.6 Å². The zero-order chi connectivity index (χ0) is 14.5. The molecule has 2 atom stereocenters. The van der Waals surface area contributed by atoms with Gasteiger partial charge in [-0.15, -0.1) is 12.4 Å². The van der Waals surface area contributed by atoms with Crippen LogP contribution in [0.5, 0.6) is 0 Å². The molecule has 0 spiro atoms. The van der Waals surface area contributed by atoms with Gasteiger partial charge in [-0.2, -0.15) is 0 Å². The number of carbonyl (C=O) groups is 1. The van der Waals surface area contributed by atoms with Crippen LogP contribution in [0.3, 0.4) is 0 Å². The fraction of sp³-hybridized carbons (Fsp3) is 0.562. The summed E-state index contributed by atoms with van der Waals surface area (Å²) in [5.41, 5.74) is 6.75. The summed E-state index contributed by atoms with van der Waals surface area (Å²) in [6.07, 6.45) is 1.90. The maximum absolute atomic E-state index is 12.0. The van der Waals surface area contributed by atoms with E-state index in [1.807, 2.05) is 42.2 Å². The molecule has 1 amide bonds. The minimum Gasteiger partial charge on any atom is -0.388 e. The standard InChI is InChI=1S/C16H24N2O2.ClH/c1-2-14(17)16(20)18-10-8-13(9-11-18)15(19)12-6-4-3-5-7-12;/h3-7,13-15,19H,2,8-11,17H2,1H3;1H. The number of aliphatic hydroxyl groups excluding tert-OH is 1. The smallest absolute Gasteiger partial charge is 0.239 e. The Labute approximate surface area is 132 Å². The minimum atomic E-state index is -0.437. The van der Waals surface area contributed by atoms with Gasteiger partial charge in [0.25, 0.3) is 0 Å². The normalized spacial score (nSPS) is 18.7. The summed E-state index contributed by atoms with van der Waals surface area (Å²) in [4.78, 5) is 13.8. The molecule has 0 radical (unpaired) electrons. The van der Waals surface area contributed by atoms with Gasteiger partial charge in [-0.3, -0.25) is 4.79 Å². The predicted molar refractivity (Wildman–Crippen MR) is 86.2 cm³/mol. The molecule has 1 saturated heterocycles. The Morgan fingerprint density at radius 2 is 1.90 bits per heavy atom. The second-order valence-corrected chi connectivity index (χ2v) is 5.53. The van der Waals surface area contributed by atoms with Crippen molar-refractivity contribution in [3.63, 3.8) is 0 Å². The molecule has 3 N–H and O–H groups in total. The summed E-state index contributed by atoms with van der Waals surface area (Å²) in [7, 11) is 0. The van der Waals surface area contributed by atoms with E-state index in [9.17, 15) is 9.90 Å². The van der Waals surface area contributed by atoms with Crippen LogP contribution in [-0.2, 0) is 4.79 Å². The zero-order valence-corrected chi connectivity index (χ0v) is 13.3. The number of nitrogens with zero attached hydrogens (tertiary/aromatic N) is 1. The van der Waals surface area contributed by atoms with Crippen molar-refractivity contribution in [2.45, 2.75) is 38.3 Å². The number of aliphatic hydroxyl groups is 1. The first-order valence-corrected chi connectivity index (χ1v) is 7.40. The number of carbonyl (C=O) groups excluding carboxylic acids is 1. The van der Waals surface area contributed by atoms with Gasteiger partial charge in [-0.25, -0.2) is 0 Å². The number of rotatable bonds is 4. The Hall–Kier alpha value is -1.10. The summed E-state index contributed by atoms with van der Waals surface area (Å²) < 4.78 is 0. The van der Waals surface area contributed by atoms with Gasteiger partial charge in [-0.05, 0) is 30.7 Å². The molecule has 118 valence electrons. The third kappa shape index (κ3) is 4.43. The van der Waals surface area contributed by atoms with Crippen LogP contribution in [0, 0.1) is 5.92 Å². The molecular formula is C16H25ClN2O2. The number of hydrogen-bond acceptors (Lipinski definition) is 3. The van der Waals surface area contributed by atoms with Gasteiger partial charge in [0.1, 0.15) is 0 Å². The third-order valence-electron chi connectivity index (χ3n) is 4.20. The molecule has 1 aromatic carbocycles.